The number of aliphatic hydroxyl groups excluding tert-OH is 1. The van der Waals surface area contributed by atoms with Crippen LogP contribution < -0.4 is 0 Å². The summed E-state index contributed by atoms with van der Waals surface area (Å²) in [4.78, 5) is 13.5. The first-order valence-electron chi connectivity index (χ1n) is 5.16. The molecule has 0 unspecified atom stereocenters. The highest BCUT2D eigenvalue weighted by Crippen LogP contribution is 2.35. The second kappa shape index (κ2) is 3.29. The van der Waals surface area contributed by atoms with Gasteiger partial charge in [0, 0.05) is 12.5 Å². The highest BCUT2D eigenvalue weighted by Gasteiger charge is 2.41. The lowest BCUT2D eigenvalue weighted by atomic mass is 9.87. The molecule has 0 saturated carbocycles. The highest BCUT2D eigenvalue weighted by atomic mass is 16.3. The fourth-order valence-corrected chi connectivity index (χ4v) is 2.72. The summed E-state index contributed by atoms with van der Waals surface area (Å²) in [6.07, 6.45) is 3.81. The van der Waals surface area contributed by atoms with Gasteiger partial charge in [-0.05, 0) is 25.2 Å². The van der Waals surface area contributed by atoms with E-state index in [1.54, 1.807) is 0 Å². The van der Waals surface area contributed by atoms with Crippen LogP contribution in [-0.2, 0) is 4.79 Å². The standard InChI is InChI=1S/C10H17NO2/c1-7-2-3-8(6-12)11-9(7)4-5-10(11)13/h7-9,12H,2-6H2,1H3/t7-,8+,9+/m1/s1. The third-order valence-electron chi connectivity index (χ3n) is 3.52. The van der Waals surface area contributed by atoms with Crippen molar-refractivity contribution >= 4 is 5.91 Å². The average molecular weight is 183 g/mol. The van der Waals surface area contributed by atoms with E-state index in [-0.39, 0.29) is 18.6 Å². The van der Waals surface area contributed by atoms with Crippen LogP contribution in [0.1, 0.15) is 32.6 Å². The number of fused-ring (bicyclic) bond motifs is 1. The van der Waals surface area contributed by atoms with Crippen LogP contribution in [0.2, 0.25) is 0 Å². The lowest BCUT2D eigenvalue weighted by Crippen LogP contribution is -2.50. The van der Waals surface area contributed by atoms with E-state index >= 15 is 0 Å². The number of aliphatic hydroxyl groups is 1. The van der Waals surface area contributed by atoms with E-state index in [1.807, 2.05) is 4.90 Å². The molecule has 3 atom stereocenters. The lowest BCUT2D eigenvalue weighted by molar-refractivity contribution is -0.134. The molecule has 1 N–H and O–H groups in total. The highest BCUT2D eigenvalue weighted by molar-refractivity contribution is 5.79. The van der Waals surface area contributed by atoms with Crippen molar-refractivity contribution in [3.8, 4) is 0 Å². The number of carbonyl (C=O) groups excluding carboxylic acids is 1. The van der Waals surface area contributed by atoms with Crippen molar-refractivity contribution in [3.05, 3.63) is 0 Å². The molecule has 0 radical (unpaired) electrons. The van der Waals surface area contributed by atoms with Gasteiger partial charge in [-0.2, -0.15) is 0 Å². The Hall–Kier alpha value is -0.570. The molecule has 74 valence electrons. The Labute approximate surface area is 78.7 Å². The van der Waals surface area contributed by atoms with Crippen LogP contribution in [0.25, 0.3) is 0 Å². The molecule has 3 nitrogen and oxygen atoms in total. The summed E-state index contributed by atoms with van der Waals surface area (Å²) in [6, 6.07) is 0.523. The van der Waals surface area contributed by atoms with E-state index in [0.717, 1.165) is 19.3 Å². The molecule has 0 aromatic carbocycles. The number of carbonyl (C=O) groups is 1. The minimum Gasteiger partial charge on any atom is -0.394 e. The summed E-state index contributed by atoms with van der Waals surface area (Å²) in [6.45, 7) is 2.35. The van der Waals surface area contributed by atoms with Gasteiger partial charge in [0.15, 0.2) is 0 Å². The first-order valence-corrected chi connectivity index (χ1v) is 5.16. The van der Waals surface area contributed by atoms with Gasteiger partial charge in [0.25, 0.3) is 0 Å². The van der Waals surface area contributed by atoms with Crippen molar-refractivity contribution in [2.75, 3.05) is 6.61 Å². The number of nitrogens with zero attached hydrogens (tertiary/aromatic N) is 1. The number of hydrogen-bond donors (Lipinski definition) is 1. The van der Waals surface area contributed by atoms with Crippen molar-refractivity contribution in [1.29, 1.82) is 0 Å². The molecule has 0 bridgehead atoms. The molecule has 2 fully saturated rings. The third kappa shape index (κ3) is 1.35. The Bertz CT molecular complexity index is 217. The Kier molecular flexibility index (Phi) is 2.28. The molecule has 0 aromatic rings. The number of amides is 1. The Morgan fingerprint density at radius 2 is 2.23 bits per heavy atom. The molecular weight excluding hydrogens is 166 g/mol. The van der Waals surface area contributed by atoms with Crippen molar-refractivity contribution in [2.45, 2.75) is 44.7 Å². The second-order valence-electron chi connectivity index (χ2n) is 4.30. The zero-order chi connectivity index (χ0) is 9.42. The largest absolute Gasteiger partial charge is 0.394 e. The maximum Gasteiger partial charge on any atom is 0.223 e. The van der Waals surface area contributed by atoms with Gasteiger partial charge in [0.1, 0.15) is 0 Å². The summed E-state index contributed by atoms with van der Waals surface area (Å²) in [7, 11) is 0. The van der Waals surface area contributed by atoms with Crippen LogP contribution in [0.5, 0.6) is 0 Å². The molecule has 0 aromatic heterocycles. The molecule has 2 aliphatic heterocycles. The zero-order valence-electron chi connectivity index (χ0n) is 8.07. The summed E-state index contributed by atoms with van der Waals surface area (Å²) >= 11 is 0. The van der Waals surface area contributed by atoms with Crippen molar-refractivity contribution in [1.82, 2.24) is 4.90 Å². The molecule has 1 amide bonds. The first kappa shape index (κ1) is 9.00. The zero-order valence-corrected chi connectivity index (χ0v) is 8.07. The van der Waals surface area contributed by atoms with Crippen LogP contribution in [0, 0.1) is 5.92 Å². The summed E-state index contributed by atoms with van der Waals surface area (Å²) < 4.78 is 0. The van der Waals surface area contributed by atoms with E-state index in [9.17, 15) is 4.79 Å². The number of piperidine rings is 1. The molecule has 2 rings (SSSR count). The molecule has 2 aliphatic rings. The first-order chi connectivity index (χ1) is 6.24. The Morgan fingerprint density at radius 1 is 1.46 bits per heavy atom. The Balaban J connectivity index is 2.16. The molecule has 0 aliphatic carbocycles. The minimum absolute atomic E-state index is 0.108. The Morgan fingerprint density at radius 3 is 2.92 bits per heavy atom. The van der Waals surface area contributed by atoms with Gasteiger partial charge in [-0.3, -0.25) is 4.79 Å². The van der Waals surface area contributed by atoms with Gasteiger partial charge in [-0.1, -0.05) is 6.92 Å². The topological polar surface area (TPSA) is 40.5 Å². The third-order valence-corrected chi connectivity index (χ3v) is 3.52. The summed E-state index contributed by atoms with van der Waals surface area (Å²) in [5, 5.41) is 9.15. The lowest BCUT2D eigenvalue weighted by Gasteiger charge is -2.40. The maximum atomic E-state index is 11.5. The van der Waals surface area contributed by atoms with Gasteiger partial charge >= 0.3 is 0 Å². The van der Waals surface area contributed by atoms with Crippen LogP contribution in [0.3, 0.4) is 0 Å². The SMILES string of the molecule is C[C@@H]1CC[C@@H](CO)N2C(=O)CC[C@@H]12. The normalized spacial score (nSPS) is 39.4. The fourth-order valence-electron chi connectivity index (χ4n) is 2.72. The van der Waals surface area contributed by atoms with Crippen LogP contribution in [-0.4, -0.2) is 34.6 Å². The molecule has 0 spiro atoms. The van der Waals surface area contributed by atoms with Crippen molar-refractivity contribution in [2.24, 2.45) is 5.92 Å². The summed E-state index contributed by atoms with van der Waals surface area (Å²) in [5.41, 5.74) is 0. The quantitative estimate of drug-likeness (QED) is 0.652. The van der Waals surface area contributed by atoms with Gasteiger partial charge in [-0.15, -0.1) is 0 Å². The molecule has 13 heavy (non-hydrogen) atoms. The molecule has 2 heterocycles. The van der Waals surface area contributed by atoms with E-state index in [2.05, 4.69) is 6.92 Å². The predicted octanol–water partition coefficient (Wildman–Crippen LogP) is 0.768. The number of rotatable bonds is 1. The molecule has 3 heteroatoms. The number of hydrogen-bond acceptors (Lipinski definition) is 2. The maximum absolute atomic E-state index is 11.5. The van der Waals surface area contributed by atoms with E-state index in [1.165, 1.54) is 0 Å². The van der Waals surface area contributed by atoms with Gasteiger partial charge in [0.05, 0.1) is 12.6 Å². The van der Waals surface area contributed by atoms with Gasteiger partial charge in [-0.25, -0.2) is 0 Å². The van der Waals surface area contributed by atoms with Crippen LogP contribution in [0.4, 0.5) is 0 Å². The molecule has 2 saturated heterocycles. The van der Waals surface area contributed by atoms with Crippen molar-refractivity contribution < 1.29 is 9.90 Å². The van der Waals surface area contributed by atoms with E-state index in [0.29, 0.717) is 18.4 Å². The monoisotopic (exact) mass is 183 g/mol. The van der Waals surface area contributed by atoms with Crippen LogP contribution >= 0.6 is 0 Å². The predicted molar refractivity (Wildman–Crippen MR) is 49.1 cm³/mol. The second-order valence-corrected chi connectivity index (χ2v) is 4.30. The minimum atomic E-state index is 0.108. The smallest absolute Gasteiger partial charge is 0.223 e. The van der Waals surface area contributed by atoms with E-state index in [4.69, 9.17) is 5.11 Å². The van der Waals surface area contributed by atoms with Gasteiger partial charge < -0.3 is 10.0 Å². The summed E-state index contributed by atoms with van der Waals surface area (Å²) in [5.74, 6) is 0.866. The van der Waals surface area contributed by atoms with Crippen molar-refractivity contribution in [3.63, 3.8) is 0 Å². The average Bonchev–Trinajstić information content (AvgIpc) is 2.51. The van der Waals surface area contributed by atoms with E-state index < -0.39 is 0 Å². The van der Waals surface area contributed by atoms with Gasteiger partial charge in [0.2, 0.25) is 5.91 Å². The molecular formula is C10H17NO2. The van der Waals surface area contributed by atoms with Crippen LogP contribution in [0.15, 0.2) is 0 Å². The fraction of sp³-hybridized carbons (Fsp3) is 0.900.